The Morgan fingerprint density at radius 3 is 3.05 bits per heavy atom. The van der Waals surface area contributed by atoms with Crippen LogP contribution in [0.25, 0.3) is 0 Å². The molecule has 0 aliphatic carbocycles. The van der Waals surface area contributed by atoms with E-state index in [-0.39, 0.29) is 18.9 Å². The number of carboxylic acids is 1. The fraction of sp³-hybridized carbons (Fsp3) is 0.500. The van der Waals surface area contributed by atoms with Crippen molar-refractivity contribution in [2.24, 2.45) is 0 Å². The number of ether oxygens (including phenoxy) is 2. The summed E-state index contributed by atoms with van der Waals surface area (Å²) in [6, 6.07) is 1.26. The van der Waals surface area contributed by atoms with Gasteiger partial charge in [-0.3, -0.25) is 9.59 Å². The molecule has 6 nitrogen and oxygen atoms in total. The lowest BCUT2D eigenvalue weighted by Gasteiger charge is -2.34. The second kappa shape index (κ2) is 6.03. The first kappa shape index (κ1) is 13.8. The maximum Gasteiger partial charge on any atom is 0.305 e. The number of carbonyl (C=O) groups is 2. The third kappa shape index (κ3) is 3.24. The lowest BCUT2D eigenvalue weighted by molar-refractivity contribution is -0.139. The van der Waals surface area contributed by atoms with Gasteiger partial charge in [-0.2, -0.15) is 0 Å². The summed E-state index contributed by atoms with van der Waals surface area (Å²) < 4.78 is 10.3. The van der Waals surface area contributed by atoms with Crippen LogP contribution in [0.3, 0.4) is 0 Å². The predicted molar refractivity (Wildman–Crippen MR) is 68.8 cm³/mol. The van der Waals surface area contributed by atoms with Crippen molar-refractivity contribution in [1.29, 1.82) is 0 Å². The molecular formula is C12H15NO5S. The third-order valence-electron chi connectivity index (χ3n) is 2.92. The van der Waals surface area contributed by atoms with E-state index in [0.717, 1.165) is 0 Å². The van der Waals surface area contributed by atoms with Crippen LogP contribution in [0.15, 0.2) is 11.4 Å². The zero-order valence-corrected chi connectivity index (χ0v) is 11.3. The van der Waals surface area contributed by atoms with Gasteiger partial charge >= 0.3 is 5.97 Å². The Bertz CT molecular complexity index is 472. The van der Waals surface area contributed by atoms with E-state index in [1.54, 1.807) is 16.3 Å². The van der Waals surface area contributed by atoms with Gasteiger partial charge in [-0.15, -0.1) is 11.3 Å². The van der Waals surface area contributed by atoms with E-state index in [9.17, 15) is 9.59 Å². The minimum atomic E-state index is -0.933. The van der Waals surface area contributed by atoms with E-state index in [1.165, 1.54) is 18.4 Å². The van der Waals surface area contributed by atoms with Crippen molar-refractivity contribution in [2.45, 2.75) is 12.5 Å². The Labute approximate surface area is 114 Å². The Hall–Kier alpha value is -1.60. The first-order valence-electron chi connectivity index (χ1n) is 5.85. The van der Waals surface area contributed by atoms with Crippen molar-refractivity contribution in [1.82, 2.24) is 4.90 Å². The van der Waals surface area contributed by atoms with E-state index in [1.807, 2.05) is 0 Å². The molecule has 1 N–H and O–H groups in total. The first-order valence-corrected chi connectivity index (χ1v) is 6.73. The van der Waals surface area contributed by atoms with Gasteiger partial charge in [0, 0.05) is 18.0 Å². The minimum absolute atomic E-state index is 0.103. The molecule has 2 heterocycles. The summed E-state index contributed by atoms with van der Waals surface area (Å²) in [5.41, 5.74) is 0. The van der Waals surface area contributed by atoms with Crippen LogP contribution >= 0.6 is 11.3 Å². The van der Waals surface area contributed by atoms with Crippen LogP contribution in [0, 0.1) is 0 Å². The van der Waals surface area contributed by atoms with Gasteiger partial charge in [-0.05, 0) is 0 Å². The average Bonchev–Trinajstić information content (AvgIpc) is 2.86. The van der Waals surface area contributed by atoms with Crippen molar-refractivity contribution < 1.29 is 24.2 Å². The molecule has 104 valence electrons. The summed E-state index contributed by atoms with van der Waals surface area (Å²) in [5, 5.41) is 10.6. The number of hydrogen-bond donors (Lipinski definition) is 1. The summed E-state index contributed by atoms with van der Waals surface area (Å²) in [4.78, 5) is 25.3. The largest absolute Gasteiger partial charge is 0.496 e. The molecule has 1 fully saturated rings. The monoisotopic (exact) mass is 285 g/mol. The molecule has 0 saturated carbocycles. The third-order valence-corrected chi connectivity index (χ3v) is 3.82. The van der Waals surface area contributed by atoms with Gasteiger partial charge in [0.25, 0.3) is 5.91 Å². The number of carboxylic acid groups (broad SMARTS) is 1. The van der Waals surface area contributed by atoms with Crippen LogP contribution in [-0.2, 0) is 9.53 Å². The van der Waals surface area contributed by atoms with Gasteiger partial charge in [0.15, 0.2) is 0 Å². The summed E-state index contributed by atoms with van der Waals surface area (Å²) in [6.45, 7) is 1.11. The van der Waals surface area contributed by atoms with E-state index >= 15 is 0 Å². The van der Waals surface area contributed by atoms with Crippen LogP contribution in [0.4, 0.5) is 0 Å². The van der Waals surface area contributed by atoms with Gasteiger partial charge in [-0.1, -0.05) is 0 Å². The second-order valence-electron chi connectivity index (χ2n) is 4.18. The van der Waals surface area contributed by atoms with Gasteiger partial charge < -0.3 is 19.5 Å². The second-order valence-corrected chi connectivity index (χ2v) is 5.09. The molecule has 0 spiro atoms. The molecule has 1 aromatic rings. The number of rotatable bonds is 4. The van der Waals surface area contributed by atoms with Crippen molar-refractivity contribution in [2.75, 3.05) is 26.9 Å². The van der Waals surface area contributed by atoms with Gasteiger partial charge in [0.1, 0.15) is 5.75 Å². The van der Waals surface area contributed by atoms with Gasteiger partial charge in [0.05, 0.1) is 37.7 Å². The highest BCUT2D eigenvalue weighted by Crippen LogP contribution is 2.24. The lowest BCUT2D eigenvalue weighted by atomic mass is 10.1. The molecule has 2 rings (SSSR count). The fourth-order valence-corrected chi connectivity index (χ4v) is 2.78. The Kier molecular flexibility index (Phi) is 4.39. The first-order chi connectivity index (χ1) is 9.11. The number of carbonyl (C=O) groups excluding carboxylic acids is 1. The molecule has 1 atom stereocenters. The number of hydrogen-bond acceptors (Lipinski definition) is 5. The predicted octanol–water partition coefficient (Wildman–Crippen LogP) is 1.07. The van der Waals surface area contributed by atoms with Crippen molar-refractivity contribution in [3.63, 3.8) is 0 Å². The highest BCUT2D eigenvalue weighted by molar-refractivity contribution is 7.12. The lowest BCUT2D eigenvalue weighted by Crippen LogP contribution is -2.49. The Morgan fingerprint density at radius 2 is 2.42 bits per heavy atom. The van der Waals surface area contributed by atoms with E-state index < -0.39 is 12.0 Å². The molecular weight excluding hydrogens is 270 g/mol. The molecule has 0 radical (unpaired) electrons. The Morgan fingerprint density at radius 1 is 1.63 bits per heavy atom. The fourth-order valence-electron chi connectivity index (χ4n) is 1.97. The topological polar surface area (TPSA) is 76.1 Å². The summed E-state index contributed by atoms with van der Waals surface area (Å²) >= 11 is 1.29. The number of morpholine rings is 1. The van der Waals surface area contributed by atoms with Crippen LogP contribution < -0.4 is 4.74 Å². The zero-order valence-electron chi connectivity index (χ0n) is 10.5. The van der Waals surface area contributed by atoms with E-state index in [4.69, 9.17) is 14.6 Å². The molecule has 0 bridgehead atoms. The maximum absolute atomic E-state index is 12.4. The van der Waals surface area contributed by atoms with Crippen LogP contribution in [0.1, 0.15) is 16.1 Å². The van der Waals surface area contributed by atoms with E-state index in [2.05, 4.69) is 0 Å². The highest BCUT2D eigenvalue weighted by Gasteiger charge is 2.30. The van der Waals surface area contributed by atoms with Crippen molar-refractivity contribution in [3.8, 4) is 5.75 Å². The van der Waals surface area contributed by atoms with E-state index in [0.29, 0.717) is 23.8 Å². The summed E-state index contributed by atoms with van der Waals surface area (Å²) in [5.74, 6) is -0.462. The van der Waals surface area contributed by atoms with Crippen molar-refractivity contribution >= 4 is 23.2 Å². The number of aliphatic carboxylic acids is 1. The van der Waals surface area contributed by atoms with Gasteiger partial charge in [0.2, 0.25) is 0 Å². The molecule has 7 heteroatoms. The van der Waals surface area contributed by atoms with Crippen molar-refractivity contribution in [3.05, 3.63) is 16.3 Å². The number of methoxy groups -OCH3 is 1. The molecule has 0 unspecified atom stereocenters. The molecule has 1 aliphatic heterocycles. The summed E-state index contributed by atoms with van der Waals surface area (Å²) in [6.07, 6.45) is -0.103. The minimum Gasteiger partial charge on any atom is -0.496 e. The highest BCUT2D eigenvalue weighted by atomic mass is 32.1. The normalized spacial score (nSPS) is 19.2. The number of amides is 1. The number of nitrogens with zero attached hydrogens (tertiary/aromatic N) is 1. The molecule has 1 aromatic heterocycles. The molecule has 1 amide bonds. The van der Waals surface area contributed by atoms with Crippen LogP contribution in [-0.4, -0.2) is 54.8 Å². The quantitative estimate of drug-likeness (QED) is 0.895. The molecule has 0 aromatic carbocycles. The Balaban J connectivity index is 2.12. The average molecular weight is 285 g/mol. The van der Waals surface area contributed by atoms with Crippen LogP contribution in [0.5, 0.6) is 5.75 Å². The molecule has 19 heavy (non-hydrogen) atoms. The number of thiophene rings is 1. The zero-order chi connectivity index (χ0) is 13.8. The van der Waals surface area contributed by atoms with Crippen LogP contribution in [0.2, 0.25) is 0 Å². The van der Waals surface area contributed by atoms with Gasteiger partial charge in [-0.25, -0.2) is 0 Å². The molecule has 1 saturated heterocycles. The maximum atomic E-state index is 12.4. The smallest absolute Gasteiger partial charge is 0.305 e. The SMILES string of the molecule is COc1csc(C(=O)N2CCOC[C@@H]2CC(=O)O)c1. The molecule has 1 aliphatic rings. The standard InChI is InChI=1S/C12H15NO5S/c1-17-9-5-10(19-7-9)12(16)13-2-3-18-6-8(13)4-11(14)15/h5,7-8H,2-4,6H2,1H3,(H,14,15)/t8-/m0/s1. The summed E-state index contributed by atoms with van der Waals surface area (Å²) in [7, 11) is 1.54.